The van der Waals surface area contributed by atoms with E-state index in [1.807, 2.05) is 24.3 Å². The highest BCUT2D eigenvalue weighted by Gasteiger charge is 2.28. The topological polar surface area (TPSA) is 66.5 Å². The molecule has 6 heteroatoms. The van der Waals surface area contributed by atoms with Crippen LogP contribution in [0.5, 0.6) is 0 Å². The van der Waals surface area contributed by atoms with E-state index in [0.29, 0.717) is 36.2 Å². The van der Waals surface area contributed by atoms with Gasteiger partial charge in [-0.3, -0.25) is 4.79 Å². The number of anilines is 1. The summed E-state index contributed by atoms with van der Waals surface area (Å²) in [4.78, 5) is 12.8. The van der Waals surface area contributed by atoms with Gasteiger partial charge in [-0.05, 0) is 60.6 Å². The van der Waals surface area contributed by atoms with Crippen molar-refractivity contribution in [3.05, 3.63) is 59.7 Å². The van der Waals surface area contributed by atoms with Crippen LogP contribution in [0.3, 0.4) is 0 Å². The molecule has 0 spiro atoms. The number of amides is 1. The summed E-state index contributed by atoms with van der Waals surface area (Å²) in [6.07, 6.45) is 1.73. The number of hydrogen-bond acceptors (Lipinski definition) is 3. The molecule has 2 aromatic rings. The molecule has 1 N–H and O–H groups in total. The molecule has 0 saturated carbocycles. The summed E-state index contributed by atoms with van der Waals surface area (Å²) in [5.74, 6) is 0.650. The highest BCUT2D eigenvalue weighted by Crippen LogP contribution is 2.24. The van der Waals surface area contributed by atoms with Gasteiger partial charge >= 0.3 is 0 Å². The number of rotatable bonds is 5. The first-order valence-corrected chi connectivity index (χ1v) is 11.2. The van der Waals surface area contributed by atoms with Gasteiger partial charge in [0.05, 0.1) is 4.90 Å². The van der Waals surface area contributed by atoms with Gasteiger partial charge in [0, 0.05) is 24.3 Å². The Morgan fingerprint density at radius 2 is 1.71 bits per heavy atom. The van der Waals surface area contributed by atoms with E-state index in [9.17, 15) is 13.2 Å². The lowest BCUT2D eigenvalue weighted by Crippen LogP contribution is -2.37. The molecule has 0 radical (unpaired) electrons. The lowest BCUT2D eigenvalue weighted by atomic mass is 10.0. The average Bonchev–Trinajstić information content (AvgIpc) is 2.69. The summed E-state index contributed by atoms with van der Waals surface area (Å²) in [5.41, 5.74) is 2.22. The molecule has 0 aliphatic carbocycles. The van der Waals surface area contributed by atoms with E-state index in [2.05, 4.69) is 26.1 Å². The van der Waals surface area contributed by atoms with Gasteiger partial charge in [-0.2, -0.15) is 4.31 Å². The first-order chi connectivity index (χ1) is 13.3. The number of nitrogens with zero attached hydrogens (tertiary/aromatic N) is 1. The molecular weight excluding hydrogens is 372 g/mol. The van der Waals surface area contributed by atoms with Crippen LogP contribution in [0, 0.1) is 5.92 Å². The van der Waals surface area contributed by atoms with Gasteiger partial charge < -0.3 is 5.32 Å². The minimum Gasteiger partial charge on any atom is -0.322 e. The Bertz CT molecular complexity index is 929. The fraction of sp³-hybridized carbons (Fsp3) is 0.409. The number of nitrogens with one attached hydrogen (secondary N) is 1. The summed E-state index contributed by atoms with van der Waals surface area (Å²) >= 11 is 0. The van der Waals surface area contributed by atoms with Crippen LogP contribution in [0.15, 0.2) is 53.4 Å². The molecule has 1 aliphatic heterocycles. The molecule has 1 fully saturated rings. The fourth-order valence-electron chi connectivity index (χ4n) is 3.33. The first-order valence-electron chi connectivity index (χ1n) is 9.79. The summed E-state index contributed by atoms with van der Waals surface area (Å²) in [5, 5.41) is 2.84. The number of benzene rings is 2. The largest absolute Gasteiger partial charge is 0.322 e. The predicted octanol–water partition coefficient (Wildman–Crippen LogP) is 4.48. The number of carbonyl (C=O) groups excluding carboxylic acids is 1. The number of piperidine rings is 1. The zero-order valence-corrected chi connectivity index (χ0v) is 17.5. The highest BCUT2D eigenvalue weighted by molar-refractivity contribution is 7.89. The molecule has 0 aromatic heterocycles. The Labute approximate surface area is 167 Å². The lowest BCUT2D eigenvalue weighted by molar-refractivity contribution is 0.102. The third-order valence-corrected chi connectivity index (χ3v) is 7.21. The van der Waals surface area contributed by atoms with E-state index >= 15 is 0 Å². The van der Waals surface area contributed by atoms with E-state index in [-0.39, 0.29) is 10.8 Å². The van der Waals surface area contributed by atoms with Crippen LogP contribution < -0.4 is 5.32 Å². The maximum Gasteiger partial charge on any atom is 0.255 e. The Morgan fingerprint density at radius 1 is 1.07 bits per heavy atom. The van der Waals surface area contributed by atoms with Crippen molar-refractivity contribution in [3.8, 4) is 0 Å². The van der Waals surface area contributed by atoms with Gasteiger partial charge in [0.25, 0.3) is 5.91 Å². The number of hydrogen-bond donors (Lipinski definition) is 1. The maximum atomic E-state index is 12.9. The summed E-state index contributed by atoms with van der Waals surface area (Å²) in [6.45, 7) is 7.43. The zero-order chi connectivity index (χ0) is 20.3. The molecular formula is C22H28N2O3S. The molecule has 0 bridgehead atoms. The highest BCUT2D eigenvalue weighted by atomic mass is 32.2. The second kappa shape index (κ2) is 8.45. The van der Waals surface area contributed by atoms with Crippen molar-refractivity contribution in [1.29, 1.82) is 0 Å². The molecule has 3 rings (SSSR count). The molecule has 0 atom stereocenters. The van der Waals surface area contributed by atoms with Gasteiger partial charge in [-0.1, -0.05) is 39.0 Å². The van der Waals surface area contributed by atoms with Crippen molar-refractivity contribution in [2.24, 2.45) is 5.92 Å². The number of carbonyl (C=O) groups is 1. The van der Waals surface area contributed by atoms with E-state index in [0.717, 1.165) is 12.8 Å². The predicted molar refractivity (Wildman–Crippen MR) is 112 cm³/mol. The van der Waals surface area contributed by atoms with Crippen LogP contribution >= 0.6 is 0 Å². The summed E-state index contributed by atoms with van der Waals surface area (Å²) in [7, 11) is -3.58. The fourth-order valence-corrected chi connectivity index (χ4v) is 4.84. The van der Waals surface area contributed by atoms with Gasteiger partial charge in [-0.15, -0.1) is 0 Å². The number of sulfonamides is 1. The van der Waals surface area contributed by atoms with E-state index in [1.165, 1.54) is 15.9 Å². The molecule has 5 nitrogen and oxygen atoms in total. The van der Waals surface area contributed by atoms with Crippen LogP contribution in [0.4, 0.5) is 5.69 Å². The van der Waals surface area contributed by atoms with Crippen LogP contribution in [0.2, 0.25) is 0 Å². The van der Waals surface area contributed by atoms with Crippen molar-refractivity contribution < 1.29 is 13.2 Å². The van der Waals surface area contributed by atoms with Gasteiger partial charge in [0.1, 0.15) is 0 Å². The van der Waals surface area contributed by atoms with E-state index < -0.39 is 10.0 Å². The summed E-state index contributed by atoms with van der Waals surface area (Å²) < 4.78 is 27.4. The molecule has 1 amide bonds. The minimum atomic E-state index is -3.58. The van der Waals surface area contributed by atoms with Crippen LogP contribution in [-0.2, 0) is 10.0 Å². The van der Waals surface area contributed by atoms with Crippen molar-refractivity contribution in [2.75, 3.05) is 18.4 Å². The Balaban J connectivity index is 1.76. The SMILES string of the molecule is CC1CCN(S(=O)(=O)c2cccc(C(=O)Nc3ccc(C(C)C)cc3)c2)CC1. The van der Waals surface area contributed by atoms with Crippen LogP contribution in [0.25, 0.3) is 0 Å². The van der Waals surface area contributed by atoms with E-state index in [4.69, 9.17) is 0 Å². The van der Waals surface area contributed by atoms with Gasteiger partial charge in [-0.25, -0.2) is 8.42 Å². The maximum absolute atomic E-state index is 12.9. The molecule has 1 aliphatic rings. The van der Waals surface area contributed by atoms with Crippen LogP contribution in [0.1, 0.15) is 55.5 Å². The average molecular weight is 401 g/mol. The second-order valence-corrected chi connectivity index (χ2v) is 9.78. The molecule has 150 valence electrons. The first kappa shape index (κ1) is 20.6. The molecule has 0 unspecified atom stereocenters. The molecule has 28 heavy (non-hydrogen) atoms. The Hall–Kier alpha value is -2.18. The van der Waals surface area contributed by atoms with Gasteiger partial charge in [0.15, 0.2) is 0 Å². The van der Waals surface area contributed by atoms with Crippen molar-refractivity contribution in [3.63, 3.8) is 0 Å². The molecule has 1 heterocycles. The summed E-state index contributed by atoms with van der Waals surface area (Å²) in [6, 6.07) is 14.0. The zero-order valence-electron chi connectivity index (χ0n) is 16.7. The lowest BCUT2D eigenvalue weighted by Gasteiger charge is -2.29. The van der Waals surface area contributed by atoms with Gasteiger partial charge in [0.2, 0.25) is 10.0 Å². The quantitative estimate of drug-likeness (QED) is 0.804. The van der Waals surface area contributed by atoms with E-state index in [1.54, 1.807) is 18.2 Å². The Morgan fingerprint density at radius 3 is 2.32 bits per heavy atom. The normalized spacial score (nSPS) is 16.3. The van der Waals surface area contributed by atoms with Crippen LogP contribution in [-0.4, -0.2) is 31.7 Å². The van der Waals surface area contributed by atoms with Crippen molar-refractivity contribution in [2.45, 2.75) is 44.4 Å². The second-order valence-electron chi connectivity index (χ2n) is 7.85. The van der Waals surface area contributed by atoms with Crippen molar-refractivity contribution >= 4 is 21.6 Å². The standard InChI is InChI=1S/C22H28N2O3S/c1-16(2)18-7-9-20(10-8-18)23-22(25)19-5-4-6-21(15-19)28(26,27)24-13-11-17(3)12-14-24/h4-10,15-17H,11-14H2,1-3H3,(H,23,25). The molecule has 2 aromatic carbocycles. The minimum absolute atomic E-state index is 0.171. The monoisotopic (exact) mass is 400 g/mol. The molecule has 1 saturated heterocycles. The van der Waals surface area contributed by atoms with Crippen molar-refractivity contribution in [1.82, 2.24) is 4.31 Å². The third-order valence-electron chi connectivity index (χ3n) is 5.31. The third kappa shape index (κ3) is 4.62. The smallest absolute Gasteiger partial charge is 0.255 e. The Kier molecular flexibility index (Phi) is 6.20.